The van der Waals surface area contributed by atoms with Gasteiger partial charge in [0.1, 0.15) is 0 Å². The van der Waals surface area contributed by atoms with E-state index in [-0.39, 0.29) is 11.5 Å². The van der Waals surface area contributed by atoms with Crippen LogP contribution in [0.4, 0.5) is 5.69 Å². The Labute approximate surface area is 159 Å². The first-order chi connectivity index (χ1) is 13.1. The molecule has 1 saturated heterocycles. The number of hydrogen-bond donors (Lipinski definition) is 1. The van der Waals surface area contributed by atoms with Crippen molar-refractivity contribution in [3.05, 3.63) is 53.6 Å². The molecule has 1 heterocycles. The molecule has 0 aromatic heterocycles. The summed E-state index contributed by atoms with van der Waals surface area (Å²) in [4.78, 5) is 14.8. The van der Waals surface area contributed by atoms with Gasteiger partial charge in [0.05, 0.1) is 14.2 Å². The first-order valence-corrected chi connectivity index (χ1v) is 9.15. The molecule has 0 atom stereocenters. The van der Waals surface area contributed by atoms with Crippen LogP contribution in [-0.2, 0) is 0 Å². The number of phenolic OH excluding ortho intramolecular Hbond substituents is 1. The molecule has 0 radical (unpaired) electrons. The van der Waals surface area contributed by atoms with Crippen LogP contribution >= 0.6 is 0 Å². The van der Waals surface area contributed by atoms with E-state index in [0.29, 0.717) is 22.6 Å². The van der Waals surface area contributed by atoms with Gasteiger partial charge in [0, 0.05) is 24.3 Å². The maximum atomic E-state index is 12.5. The SMILES string of the molecule is COc1cc(/C=C/C(=O)c2ccc(N3CCCCC3)cc2)cc(OC)c1O. The van der Waals surface area contributed by atoms with E-state index in [9.17, 15) is 9.90 Å². The van der Waals surface area contributed by atoms with E-state index in [0.717, 1.165) is 13.1 Å². The van der Waals surface area contributed by atoms with E-state index >= 15 is 0 Å². The van der Waals surface area contributed by atoms with Gasteiger partial charge in [-0.3, -0.25) is 4.79 Å². The largest absolute Gasteiger partial charge is 0.502 e. The molecule has 142 valence electrons. The molecule has 1 fully saturated rings. The number of carbonyl (C=O) groups is 1. The highest BCUT2D eigenvalue weighted by molar-refractivity contribution is 6.07. The normalized spacial score (nSPS) is 14.4. The number of allylic oxidation sites excluding steroid dienone is 1. The summed E-state index contributed by atoms with van der Waals surface area (Å²) in [6, 6.07) is 11.1. The zero-order chi connectivity index (χ0) is 19.2. The van der Waals surface area contributed by atoms with Gasteiger partial charge in [0.25, 0.3) is 0 Å². The van der Waals surface area contributed by atoms with E-state index in [1.54, 1.807) is 18.2 Å². The number of anilines is 1. The predicted octanol–water partition coefficient (Wildman–Crippen LogP) is 4.30. The quantitative estimate of drug-likeness (QED) is 0.609. The Bertz CT molecular complexity index is 796. The number of carbonyl (C=O) groups excluding carboxylic acids is 1. The average Bonchev–Trinajstić information content (AvgIpc) is 2.73. The summed E-state index contributed by atoms with van der Waals surface area (Å²) < 4.78 is 10.3. The monoisotopic (exact) mass is 367 g/mol. The minimum absolute atomic E-state index is 0.0585. The van der Waals surface area contributed by atoms with Crippen LogP contribution in [-0.4, -0.2) is 38.2 Å². The molecular formula is C22H25NO4. The van der Waals surface area contributed by atoms with Crippen molar-refractivity contribution in [1.29, 1.82) is 0 Å². The molecule has 0 saturated carbocycles. The zero-order valence-electron chi connectivity index (χ0n) is 15.8. The predicted molar refractivity (Wildman–Crippen MR) is 107 cm³/mol. The van der Waals surface area contributed by atoms with Gasteiger partial charge in [-0.05, 0) is 67.3 Å². The van der Waals surface area contributed by atoms with Crippen LogP contribution in [0.5, 0.6) is 17.2 Å². The Balaban J connectivity index is 1.73. The van der Waals surface area contributed by atoms with Crippen molar-refractivity contribution in [2.75, 3.05) is 32.2 Å². The summed E-state index contributed by atoms with van der Waals surface area (Å²) >= 11 is 0. The number of methoxy groups -OCH3 is 2. The molecule has 0 bridgehead atoms. The molecule has 1 aliphatic heterocycles. The number of nitrogens with zero attached hydrogens (tertiary/aromatic N) is 1. The number of hydrogen-bond acceptors (Lipinski definition) is 5. The molecule has 2 aromatic rings. The maximum absolute atomic E-state index is 12.5. The van der Waals surface area contributed by atoms with Gasteiger partial charge < -0.3 is 19.5 Å². The van der Waals surface area contributed by atoms with E-state index in [1.807, 2.05) is 24.3 Å². The molecule has 1 aliphatic rings. The third kappa shape index (κ3) is 4.42. The van der Waals surface area contributed by atoms with Crippen molar-refractivity contribution in [2.24, 2.45) is 0 Å². The van der Waals surface area contributed by atoms with Crippen molar-refractivity contribution in [2.45, 2.75) is 19.3 Å². The summed E-state index contributed by atoms with van der Waals surface area (Å²) in [6.45, 7) is 2.16. The van der Waals surface area contributed by atoms with Gasteiger partial charge in [-0.15, -0.1) is 0 Å². The second kappa shape index (κ2) is 8.62. The van der Waals surface area contributed by atoms with Crippen LogP contribution in [0.25, 0.3) is 6.08 Å². The second-order valence-electron chi connectivity index (χ2n) is 6.57. The lowest BCUT2D eigenvalue weighted by molar-refractivity contribution is 0.104. The fourth-order valence-electron chi connectivity index (χ4n) is 3.27. The molecule has 3 rings (SSSR count). The van der Waals surface area contributed by atoms with Crippen molar-refractivity contribution >= 4 is 17.5 Å². The summed E-state index contributed by atoms with van der Waals surface area (Å²) in [6.07, 6.45) is 6.95. The van der Waals surface area contributed by atoms with Crippen molar-refractivity contribution in [3.8, 4) is 17.2 Å². The Morgan fingerprint density at radius 1 is 1.00 bits per heavy atom. The van der Waals surface area contributed by atoms with Crippen molar-refractivity contribution < 1.29 is 19.4 Å². The van der Waals surface area contributed by atoms with Crippen LogP contribution in [0.1, 0.15) is 35.2 Å². The highest BCUT2D eigenvalue weighted by atomic mass is 16.5. The second-order valence-corrected chi connectivity index (χ2v) is 6.57. The minimum atomic E-state index is -0.0776. The van der Waals surface area contributed by atoms with Gasteiger partial charge in [0.2, 0.25) is 5.75 Å². The lowest BCUT2D eigenvalue weighted by Gasteiger charge is -2.28. The molecule has 5 nitrogen and oxygen atoms in total. The topological polar surface area (TPSA) is 59.0 Å². The molecule has 0 aliphatic carbocycles. The van der Waals surface area contributed by atoms with E-state index in [2.05, 4.69) is 4.90 Å². The van der Waals surface area contributed by atoms with Gasteiger partial charge in [-0.2, -0.15) is 0 Å². The van der Waals surface area contributed by atoms with Crippen LogP contribution in [0.15, 0.2) is 42.5 Å². The number of phenols is 1. The molecule has 0 unspecified atom stereocenters. The molecule has 2 aromatic carbocycles. The number of aromatic hydroxyl groups is 1. The van der Waals surface area contributed by atoms with Gasteiger partial charge in [-0.25, -0.2) is 0 Å². The first-order valence-electron chi connectivity index (χ1n) is 9.15. The molecule has 0 spiro atoms. The maximum Gasteiger partial charge on any atom is 0.200 e. The smallest absolute Gasteiger partial charge is 0.200 e. The fourth-order valence-corrected chi connectivity index (χ4v) is 3.27. The Kier molecular flexibility index (Phi) is 6.01. The minimum Gasteiger partial charge on any atom is -0.502 e. The Morgan fingerprint density at radius 2 is 1.59 bits per heavy atom. The highest BCUT2D eigenvalue weighted by Crippen LogP contribution is 2.37. The average molecular weight is 367 g/mol. The molecule has 5 heteroatoms. The Hall–Kier alpha value is -2.95. The first kappa shape index (κ1) is 18.8. The summed E-state index contributed by atoms with van der Waals surface area (Å²) in [5, 5.41) is 9.96. The zero-order valence-corrected chi connectivity index (χ0v) is 15.8. The van der Waals surface area contributed by atoms with Gasteiger partial charge >= 0.3 is 0 Å². The fraction of sp³-hybridized carbons (Fsp3) is 0.318. The molecule has 0 amide bonds. The number of ether oxygens (including phenoxy) is 2. The molecular weight excluding hydrogens is 342 g/mol. The van der Waals surface area contributed by atoms with Crippen LogP contribution in [0, 0.1) is 0 Å². The number of piperidine rings is 1. The third-order valence-corrected chi connectivity index (χ3v) is 4.80. The van der Waals surface area contributed by atoms with Crippen molar-refractivity contribution in [1.82, 2.24) is 0 Å². The lowest BCUT2D eigenvalue weighted by Crippen LogP contribution is -2.29. The van der Waals surface area contributed by atoms with E-state index in [1.165, 1.54) is 45.2 Å². The lowest BCUT2D eigenvalue weighted by atomic mass is 10.1. The number of benzene rings is 2. The van der Waals surface area contributed by atoms with Crippen LogP contribution < -0.4 is 14.4 Å². The summed E-state index contributed by atoms with van der Waals surface area (Å²) in [7, 11) is 2.94. The van der Waals surface area contributed by atoms with Gasteiger partial charge in [-0.1, -0.05) is 6.08 Å². The number of ketones is 1. The van der Waals surface area contributed by atoms with Crippen LogP contribution in [0.2, 0.25) is 0 Å². The standard InChI is InChI=1S/C22H25NO4/c1-26-20-14-16(15-21(27-2)22(20)25)6-11-19(24)17-7-9-18(10-8-17)23-12-4-3-5-13-23/h6-11,14-15,25H,3-5,12-13H2,1-2H3/b11-6+. The molecule has 1 N–H and O–H groups in total. The van der Waals surface area contributed by atoms with E-state index in [4.69, 9.17) is 9.47 Å². The van der Waals surface area contributed by atoms with E-state index < -0.39 is 0 Å². The van der Waals surface area contributed by atoms with Crippen LogP contribution in [0.3, 0.4) is 0 Å². The van der Waals surface area contributed by atoms with Crippen molar-refractivity contribution in [3.63, 3.8) is 0 Å². The summed E-state index contributed by atoms with van der Waals surface area (Å²) in [5.74, 6) is 0.461. The molecule has 27 heavy (non-hydrogen) atoms. The third-order valence-electron chi connectivity index (χ3n) is 4.80. The number of rotatable bonds is 6. The van der Waals surface area contributed by atoms with Gasteiger partial charge in [0.15, 0.2) is 17.3 Å². The highest BCUT2D eigenvalue weighted by Gasteiger charge is 2.12. The Morgan fingerprint density at radius 3 is 2.15 bits per heavy atom. The summed E-state index contributed by atoms with van der Waals surface area (Å²) in [5.41, 5.74) is 2.52.